The molecule has 1 saturated carbocycles. The number of anilines is 2. The van der Waals surface area contributed by atoms with Crippen LogP contribution in [-0.2, 0) is 0 Å². The molecule has 4 aliphatic rings. The molecule has 4 heterocycles. The van der Waals surface area contributed by atoms with Gasteiger partial charge in [-0.05, 0) is 54.0 Å². The lowest BCUT2D eigenvalue weighted by atomic mass is 9.60. The number of likely N-dealkylation sites (tertiary alicyclic amines) is 2. The fourth-order valence-corrected chi connectivity index (χ4v) is 6.64. The molecule has 1 aromatic heterocycles. The van der Waals surface area contributed by atoms with Crippen LogP contribution in [0.3, 0.4) is 0 Å². The van der Waals surface area contributed by atoms with Crippen molar-refractivity contribution in [3.8, 4) is 5.75 Å². The minimum Gasteiger partial charge on any atom is -0.483 e. The largest absolute Gasteiger partial charge is 0.483 e. The van der Waals surface area contributed by atoms with Gasteiger partial charge in [-0.1, -0.05) is 12.1 Å². The molecule has 9 nitrogen and oxygen atoms in total. The quantitative estimate of drug-likeness (QED) is 0.468. The number of nitrogens with zero attached hydrogens (tertiary/aromatic N) is 3. The molecule has 202 valence electrons. The van der Waals surface area contributed by atoms with Crippen molar-refractivity contribution in [3.63, 3.8) is 0 Å². The van der Waals surface area contributed by atoms with Gasteiger partial charge in [-0.25, -0.2) is 4.98 Å². The van der Waals surface area contributed by atoms with Gasteiger partial charge in [-0.3, -0.25) is 9.59 Å². The molecule has 4 atom stereocenters. The first kappa shape index (κ1) is 24.0. The normalized spacial score (nSPS) is 24.9. The van der Waals surface area contributed by atoms with Crippen molar-refractivity contribution < 1.29 is 27.5 Å². The van der Waals surface area contributed by atoms with E-state index in [-0.39, 0.29) is 35.1 Å². The van der Waals surface area contributed by atoms with Crippen molar-refractivity contribution in [2.75, 3.05) is 43.6 Å². The molecular weight excluding hydrogens is 513 g/mol. The number of benzene rings is 2. The number of rotatable bonds is 4. The van der Waals surface area contributed by atoms with Crippen LogP contribution in [0.1, 0.15) is 20.8 Å². The van der Waals surface area contributed by atoms with Crippen LogP contribution >= 0.6 is 0 Å². The SMILES string of the molecule is O=C(c1ccc2c(c1)NNN2)N1C[C@@H]2C3CN(C(=O)c4cc(OCC(F)(F)F)c5ccccc5n4)CC3[C@@H]2C1. The lowest BCUT2D eigenvalue weighted by Gasteiger charge is -2.42. The van der Waals surface area contributed by atoms with E-state index in [4.69, 9.17) is 4.74 Å². The number of pyridine rings is 1. The van der Waals surface area contributed by atoms with Crippen molar-refractivity contribution in [2.24, 2.45) is 23.7 Å². The molecule has 0 spiro atoms. The second-order valence-electron chi connectivity index (χ2n) is 10.6. The average molecular weight is 539 g/mol. The first-order valence-corrected chi connectivity index (χ1v) is 12.8. The summed E-state index contributed by atoms with van der Waals surface area (Å²) >= 11 is 0. The van der Waals surface area contributed by atoms with Crippen molar-refractivity contribution in [1.29, 1.82) is 0 Å². The average Bonchev–Trinajstić information content (AvgIpc) is 3.64. The molecule has 3 aliphatic heterocycles. The van der Waals surface area contributed by atoms with Crippen molar-refractivity contribution in [1.82, 2.24) is 20.3 Å². The topological polar surface area (TPSA) is 98.8 Å². The highest BCUT2D eigenvalue weighted by Gasteiger charge is 2.59. The van der Waals surface area contributed by atoms with E-state index in [0.29, 0.717) is 54.5 Å². The molecule has 1 aliphatic carbocycles. The lowest BCUT2D eigenvalue weighted by Crippen LogP contribution is -2.44. The Morgan fingerprint density at radius 1 is 0.872 bits per heavy atom. The molecule has 7 rings (SSSR count). The first-order chi connectivity index (χ1) is 18.7. The highest BCUT2D eigenvalue weighted by Crippen LogP contribution is 2.54. The Balaban J connectivity index is 1.04. The number of carbonyl (C=O) groups is 2. The van der Waals surface area contributed by atoms with E-state index in [1.807, 2.05) is 23.1 Å². The summed E-state index contributed by atoms with van der Waals surface area (Å²) in [4.78, 5) is 34.7. The van der Waals surface area contributed by atoms with Crippen LogP contribution < -0.4 is 21.1 Å². The number of aromatic nitrogens is 1. The second-order valence-corrected chi connectivity index (χ2v) is 10.6. The summed E-state index contributed by atoms with van der Waals surface area (Å²) in [5.41, 5.74) is 11.5. The number of amides is 2. The molecule has 2 aromatic carbocycles. The maximum absolute atomic E-state index is 13.4. The number of ether oxygens (including phenoxy) is 1. The van der Waals surface area contributed by atoms with Gasteiger partial charge < -0.3 is 25.4 Å². The molecule has 12 heteroatoms. The predicted molar refractivity (Wildman–Crippen MR) is 136 cm³/mol. The van der Waals surface area contributed by atoms with E-state index in [2.05, 4.69) is 21.4 Å². The number of alkyl halides is 3. The summed E-state index contributed by atoms with van der Waals surface area (Å²) in [6.07, 6.45) is -4.50. The molecule has 3 N–H and O–H groups in total. The van der Waals surface area contributed by atoms with Crippen molar-refractivity contribution in [2.45, 2.75) is 6.18 Å². The summed E-state index contributed by atoms with van der Waals surface area (Å²) in [6, 6.07) is 13.5. The Morgan fingerprint density at radius 2 is 1.51 bits per heavy atom. The van der Waals surface area contributed by atoms with Crippen LogP contribution in [0.25, 0.3) is 10.9 Å². The van der Waals surface area contributed by atoms with Gasteiger partial charge in [0.25, 0.3) is 11.8 Å². The molecule has 0 bridgehead atoms. The van der Waals surface area contributed by atoms with Crippen LogP contribution in [-0.4, -0.2) is 65.6 Å². The van der Waals surface area contributed by atoms with Gasteiger partial charge in [-0.15, -0.1) is 5.53 Å². The van der Waals surface area contributed by atoms with Gasteiger partial charge in [0.05, 0.1) is 16.9 Å². The Labute approximate surface area is 221 Å². The van der Waals surface area contributed by atoms with Crippen LogP contribution in [0, 0.1) is 23.7 Å². The third kappa shape index (κ3) is 4.10. The Bertz CT molecular complexity index is 1480. The molecule has 2 saturated heterocycles. The standard InChI is InChI=1S/C27H25F3N6O3/c28-27(29,30)13-39-24-8-23(31-20-4-2-1-3-15(20)24)26(38)36-11-18-16-9-35(10-17(16)19(18)12-36)25(37)14-5-6-21-22(7-14)33-34-32-21/h1-8,16-19,32-34H,9-13H2/t16-,17+,18?,19?. The van der Waals surface area contributed by atoms with Gasteiger partial charge in [0.15, 0.2) is 6.61 Å². The van der Waals surface area contributed by atoms with Crippen LogP contribution in [0.4, 0.5) is 24.5 Å². The molecule has 2 amide bonds. The fourth-order valence-electron chi connectivity index (χ4n) is 6.64. The van der Waals surface area contributed by atoms with E-state index in [1.165, 1.54) is 6.07 Å². The first-order valence-electron chi connectivity index (χ1n) is 12.8. The van der Waals surface area contributed by atoms with Gasteiger partial charge >= 0.3 is 6.18 Å². The Kier molecular flexibility index (Phi) is 5.38. The van der Waals surface area contributed by atoms with Gasteiger partial charge in [-0.2, -0.15) is 13.2 Å². The molecule has 39 heavy (non-hydrogen) atoms. The number of hydrazine groups is 2. The summed E-state index contributed by atoms with van der Waals surface area (Å²) in [5.74, 6) is 0.888. The van der Waals surface area contributed by atoms with Crippen LogP contribution in [0.15, 0.2) is 48.5 Å². The number of para-hydroxylation sites is 1. The zero-order chi connectivity index (χ0) is 26.9. The third-order valence-electron chi connectivity index (χ3n) is 8.45. The molecule has 0 radical (unpaired) electrons. The predicted octanol–water partition coefficient (Wildman–Crippen LogP) is 3.52. The summed E-state index contributed by atoms with van der Waals surface area (Å²) in [5, 5.41) is 0.422. The number of halogens is 3. The highest BCUT2D eigenvalue weighted by molar-refractivity contribution is 5.98. The lowest BCUT2D eigenvalue weighted by molar-refractivity contribution is -0.153. The van der Waals surface area contributed by atoms with Gasteiger partial charge in [0.2, 0.25) is 0 Å². The zero-order valence-electron chi connectivity index (χ0n) is 20.7. The Hall–Kier alpha value is -4.06. The molecule has 3 fully saturated rings. The van der Waals surface area contributed by atoms with E-state index >= 15 is 0 Å². The monoisotopic (exact) mass is 538 g/mol. The minimum absolute atomic E-state index is 0.00124. The highest BCUT2D eigenvalue weighted by atomic mass is 19.4. The maximum Gasteiger partial charge on any atom is 0.422 e. The van der Waals surface area contributed by atoms with E-state index in [1.54, 1.807) is 29.2 Å². The fraction of sp³-hybridized carbons (Fsp3) is 0.370. The van der Waals surface area contributed by atoms with E-state index in [9.17, 15) is 22.8 Å². The molecule has 2 unspecified atom stereocenters. The van der Waals surface area contributed by atoms with Crippen molar-refractivity contribution >= 4 is 34.1 Å². The van der Waals surface area contributed by atoms with E-state index in [0.717, 1.165) is 11.4 Å². The minimum atomic E-state index is -4.50. The van der Waals surface area contributed by atoms with Gasteiger partial charge in [0.1, 0.15) is 11.4 Å². The van der Waals surface area contributed by atoms with E-state index < -0.39 is 12.8 Å². The zero-order valence-corrected chi connectivity index (χ0v) is 20.7. The number of carbonyl (C=O) groups excluding carboxylic acids is 2. The van der Waals surface area contributed by atoms with Crippen molar-refractivity contribution in [3.05, 3.63) is 59.8 Å². The number of fused-ring (bicyclic) bond motifs is 6. The summed E-state index contributed by atoms with van der Waals surface area (Å²) in [6.45, 7) is 0.936. The smallest absolute Gasteiger partial charge is 0.422 e. The third-order valence-corrected chi connectivity index (χ3v) is 8.45. The second kappa shape index (κ2) is 8.73. The summed E-state index contributed by atoms with van der Waals surface area (Å²) < 4.78 is 43.6. The number of nitrogens with one attached hydrogen (secondary N) is 3. The van der Waals surface area contributed by atoms with Crippen LogP contribution in [0.5, 0.6) is 5.75 Å². The Morgan fingerprint density at radius 3 is 2.21 bits per heavy atom. The molecular formula is C27H25F3N6O3. The maximum atomic E-state index is 13.4. The molecule has 3 aromatic rings. The van der Waals surface area contributed by atoms with Gasteiger partial charge in [0, 0.05) is 43.2 Å². The summed E-state index contributed by atoms with van der Waals surface area (Å²) in [7, 11) is 0. The number of hydrogen-bond donors (Lipinski definition) is 3. The van der Waals surface area contributed by atoms with Crippen LogP contribution in [0.2, 0.25) is 0 Å². The number of hydrogen-bond acceptors (Lipinski definition) is 7.